The molecule has 4 nitrogen and oxygen atoms in total. The van der Waals surface area contributed by atoms with Crippen molar-refractivity contribution in [3.8, 4) is 0 Å². The second-order valence-corrected chi connectivity index (χ2v) is 5.30. The molecule has 3 rings (SSSR count). The van der Waals surface area contributed by atoms with Crippen molar-refractivity contribution in [2.45, 2.75) is 12.8 Å². The van der Waals surface area contributed by atoms with Crippen LogP contribution in [0.2, 0.25) is 0 Å². The fourth-order valence-electron chi connectivity index (χ4n) is 2.71. The maximum atomic E-state index is 12.3. The molecule has 0 atom stereocenters. The Hall–Kier alpha value is -2.62. The lowest BCUT2D eigenvalue weighted by Crippen LogP contribution is -2.33. The second-order valence-electron chi connectivity index (χ2n) is 5.30. The summed E-state index contributed by atoms with van der Waals surface area (Å²) in [5.41, 5.74) is 2.83. The zero-order chi connectivity index (χ0) is 15.4. The number of amides is 2. The van der Waals surface area contributed by atoms with E-state index in [0.717, 1.165) is 18.7 Å². The van der Waals surface area contributed by atoms with Crippen LogP contribution in [-0.2, 0) is 11.2 Å². The first-order valence-electron chi connectivity index (χ1n) is 7.47. The molecule has 0 aromatic heterocycles. The third-order valence-corrected chi connectivity index (χ3v) is 3.85. The van der Waals surface area contributed by atoms with Gasteiger partial charge in [0.05, 0.1) is 0 Å². The normalized spacial score (nSPS) is 12.8. The molecular formula is C18H18N2O2. The second kappa shape index (κ2) is 6.43. The lowest BCUT2D eigenvalue weighted by molar-refractivity contribution is -0.118. The van der Waals surface area contributed by atoms with E-state index >= 15 is 0 Å². The van der Waals surface area contributed by atoms with Crippen LogP contribution in [0.5, 0.6) is 0 Å². The van der Waals surface area contributed by atoms with Crippen molar-refractivity contribution in [1.82, 2.24) is 5.32 Å². The lowest BCUT2D eigenvalue weighted by Gasteiger charge is -2.17. The molecule has 2 amide bonds. The molecule has 2 aromatic rings. The molecular weight excluding hydrogens is 276 g/mol. The highest BCUT2D eigenvalue weighted by Gasteiger charge is 2.23. The van der Waals surface area contributed by atoms with Crippen LogP contribution in [-0.4, -0.2) is 24.9 Å². The van der Waals surface area contributed by atoms with Crippen LogP contribution < -0.4 is 10.2 Å². The van der Waals surface area contributed by atoms with Gasteiger partial charge in [-0.05, 0) is 30.2 Å². The number of anilines is 1. The molecule has 0 saturated carbocycles. The van der Waals surface area contributed by atoms with Crippen LogP contribution in [0.1, 0.15) is 22.3 Å². The zero-order valence-electron chi connectivity index (χ0n) is 12.3. The molecule has 0 radical (unpaired) electrons. The summed E-state index contributed by atoms with van der Waals surface area (Å²) in [6.07, 6.45) is 1.21. The summed E-state index contributed by atoms with van der Waals surface area (Å²) in [5, 5.41) is 2.79. The maximum absolute atomic E-state index is 12.3. The van der Waals surface area contributed by atoms with E-state index in [2.05, 4.69) is 11.4 Å². The summed E-state index contributed by atoms with van der Waals surface area (Å²) in [6, 6.07) is 17.0. The van der Waals surface area contributed by atoms with Gasteiger partial charge in [-0.3, -0.25) is 9.59 Å². The molecule has 2 aromatic carbocycles. The van der Waals surface area contributed by atoms with E-state index in [9.17, 15) is 9.59 Å². The van der Waals surface area contributed by atoms with Crippen LogP contribution in [0, 0.1) is 0 Å². The molecule has 0 fully saturated rings. The van der Waals surface area contributed by atoms with E-state index in [-0.39, 0.29) is 11.8 Å². The molecule has 112 valence electrons. The van der Waals surface area contributed by atoms with Crippen molar-refractivity contribution in [3.05, 3.63) is 65.7 Å². The van der Waals surface area contributed by atoms with E-state index in [1.807, 2.05) is 41.3 Å². The zero-order valence-corrected chi connectivity index (χ0v) is 12.3. The summed E-state index contributed by atoms with van der Waals surface area (Å²) < 4.78 is 0. The van der Waals surface area contributed by atoms with Gasteiger partial charge in [-0.1, -0.05) is 36.4 Å². The fraction of sp³-hybridized carbons (Fsp3) is 0.222. The number of carbonyl (C=O) groups is 2. The molecule has 0 bridgehead atoms. The standard InChI is InChI=1S/C18H18N2O2/c21-17(20-13-11-14-6-4-5-9-16(14)20)10-12-19-18(22)15-7-2-1-3-8-15/h1-9H,10-13H2,(H,19,22). The highest BCUT2D eigenvalue weighted by Crippen LogP contribution is 2.27. The van der Waals surface area contributed by atoms with Gasteiger partial charge < -0.3 is 10.2 Å². The Kier molecular flexibility index (Phi) is 4.19. The lowest BCUT2D eigenvalue weighted by atomic mass is 10.2. The van der Waals surface area contributed by atoms with Crippen molar-refractivity contribution in [2.24, 2.45) is 0 Å². The number of carbonyl (C=O) groups excluding carboxylic acids is 2. The summed E-state index contributed by atoms with van der Waals surface area (Å²) in [7, 11) is 0. The number of rotatable bonds is 4. The largest absolute Gasteiger partial charge is 0.352 e. The molecule has 0 unspecified atom stereocenters. The minimum absolute atomic E-state index is 0.0540. The summed E-state index contributed by atoms with van der Waals surface area (Å²) in [6.45, 7) is 1.08. The van der Waals surface area contributed by atoms with Crippen molar-refractivity contribution in [2.75, 3.05) is 18.0 Å². The predicted molar refractivity (Wildman–Crippen MR) is 85.9 cm³/mol. The average molecular weight is 294 g/mol. The van der Waals surface area contributed by atoms with Crippen LogP contribution >= 0.6 is 0 Å². The Balaban J connectivity index is 1.53. The van der Waals surface area contributed by atoms with E-state index in [1.165, 1.54) is 5.56 Å². The SMILES string of the molecule is O=C(NCCC(=O)N1CCc2ccccc21)c1ccccc1. The number of nitrogens with one attached hydrogen (secondary N) is 1. The minimum Gasteiger partial charge on any atom is -0.352 e. The van der Waals surface area contributed by atoms with Gasteiger partial charge in [-0.15, -0.1) is 0 Å². The van der Waals surface area contributed by atoms with E-state index in [1.54, 1.807) is 12.1 Å². The molecule has 1 aliphatic heterocycles. The van der Waals surface area contributed by atoms with Crippen molar-refractivity contribution in [1.29, 1.82) is 0 Å². The van der Waals surface area contributed by atoms with Crippen LogP contribution in [0.25, 0.3) is 0 Å². The molecule has 0 aliphatic carbocycles. The quantitative estimate of drug-likeness (QED) is 0.941. The number of para-hydroxylation sites is 1. The third-order valence-electron chi connectivity index (χ3n) is 3.85. The topological polar surface area (TPSA) is 49.4 Å². The summed E-state index contributed by atoms with van der Waals surface area (Å²) >= 11 is 0. The smallest absolute Gasteiger partial charge is 0.251 e. The third kappa shape index (κ3) is 3.01. The first-order chi connectivity index (χ1) is 10.8. The number of benzene rings is 2. The Morgan fingerprint density at radius 1 is 1.00 bits per heavy atom. The Bertz CT molecular complexity index is 682. The van der Waals surface area contributed by atoms with Crippen LogP contribution in [0.3, 0.4) is 0 Å². The van der Waals surface area contributed by atoms with Crippen molar-refractivity contribution >= 4 is 17.5 Å². The number of fused-ring (bicyclic) bond motifs is 1. The molecule has 1 aliphatic rings. The molecule has 22 heavy (non-hydrogen) atoms. The fourth-order valence-corrected chi connectivity index (χ4v) is 2.71. The molecule has 1 N–H and O–H groups in total. The Labute approximate surface area is 129 Å². The van der Waals surface area contributed by atoms with Gasteiger partial charge in [0.25, 0.3) is 5.91 Å². The van der Waals surface area contributed by atoms with E-state index < -0.39 is 0 Å². The highest BCUT2D eigenvalue weighted by molar-refractivity contribution is 5.97. The van der Waals surface area contributed by atoms with Crippen molar-refractivity contribution in [3.63, 3.8) is 0 Å². The van der Waals surface area contributed by atoms with E-state index in [0.29, 0.717) is 18.5 Å². The van der Waals surface area contributed by atoms with Gasteiger partial charge in [-0.2, -0.15) is 0 Å². The average Bonchev–Trinajstić information content (AvgIpc) is 2.99. The molecule has 0 saturated heterocycles. The van der Waals surface area contributed by atoms with Gasteiger partial charge in [0.1, 0.15) is 0 Å². The first-order valence-corrected chi connectivity index (χ1v) is 7.47. The van der Waals surface area contributed by atoms with Crippen LogP contribution in [0.15, 0.2) is 54.6 Å². The Morgan fingerprint density at radius 2 is 1.73 bits per heavy atom. The monoisotopic (exact) mass is 294 g/mol. The summed E-state index contributed by atoms with van der Waals surface area (Å²) in [4.78, 5) is 26.0. The Morgan fingerprint density at radius 3 is 2.55 bits per heavy atom. The van der Waals surface area contributed by atoms with E-state index in [4.69, 9.17) is 0 Å². The van der Waals surface area contributed by atoms with Gasteiger partial charge >= 0.3 is 0 Å². The number of nitrogens with zero attached hydrogens (tertiary/aromatic N) is 1. The molecule has 0 spiro atoms. The van der Waals surface area contributed by atoms with Gasteiger partial charge in [-0.25, -0.2) is 0 Å². The minimum atomic E-state index is -0.143. The molecule has 1 heterocycles. The summed E-state index contributed by atoms with van der Waals surface area (Å²) in [5.74, 6) is -0.0893. The predicted octanol–water partition coefficient (Wildman–Crippen LogP) is 2.40. The van der Waals surface area contributed by atoms with Gasteiger partial charge in [0.15, 0.2) is 0 Å². The van der Waals surface area contributed by atoms with Gasteiger partial charge in [0, 0.05) is 30.8 Å². The van der Waals surface area contributed by atoms with Crippen LogP contribution in [0.4, 0.5) is 5.69 Å². The maximum Gasteiger partial charge on any atom is 0.251 e. The van der Waals surface area contributed by atoms with Crippen molar-refractivity contribution < 1.29 is 9.59 Å². The highest BCUT2D eigenvalue weighted by atomic mass is 16.2. The molecule has 4 heteroatoms. The number of hydrogen-bond donors (Lipinski definition) is 1. The number of hydrogen-bond acceptors (Lipinski definition) is 2. The van der Waals surface area contributed by atoms with Gasteiger partial charge in [0.2, 0.25) is 5.91 Å². The first kappa shape index (κ1) is 14.3.